The van der Waals surface area contributed by atoms with Crippen molar-refractivity contribution in [3.63, 3.8) is 0 Å². The summed E-state index contributed by atoms with van der Waals surface area (Å²) in [5.74, 6) is 0.104. The Bertz CT molecular complexity index is 628. The van der Waals surface area contributed by atoms with Gasteiger partial charge in [-0.2, -0.15) is 0 Å². The highest BCUT2D eigenvalue weighted by Gasteiger charge is 2.25. The molecule has 20 heavy (non-hydrogen) atoms. The van der Waals surface area contributed by atoms with E-state index < -0.39 is 0 Å². The van der Waals surface area contributed by atoms with Gasteiger partial charge in [0.05, 0.1) is 6.04 Å². The second kappa shape index (κ2) is 5.29. The van der Waals surface area contributed by atoms with Gasteiger partial charge >= 0.3 is 0 Å². The van der Waals surface area contributed by atoms with Crippen molar-refractivity contribution in [1.29, 1.82) is 0 Å². The van der Waals surface area contributed by atoms with Gasteiger partial charge < -0.3 is 15.2 Å². The van der Waals surface area contributed by atoms with Crippen LogP contribution in [0.5, 0.6) is 0 Å². The summed E-state index contributed by atoms with van der Waals surface area (Å²) in [6.07, 6.45) is 4.38. The zero-order valence-corrected chi connectivity index (χ0v) is 12.0. The molecule has 3 rings (SSSR count). The highest BCUT2D eigenvalue weighted by molar-refractivity contribution is 5.84. The fraction of sp³-hybridized carbons (Fsp3) is 0.438. The van der Waals surface area contributed by atoms with Crippen molar-refractivity contribution in [1.82, 2.24) is 15.2 Å². The smallest absolute Gasteiger partial charge is 0.237 e. The number of hydrogen-bond donors (Lipinski definition) is 2. The molecule has 1 aliphatic rings. The van der Waals surface area contributed by atoms with Crippen molar-refractivity contribution in [3.05, 3.63) is 36.0 Å². The standard InChI is InChI=1S/C16H21N3O/c1-11(16(20)18-13-7-8-13)17-9-12-10-19(2)15-6-4-3-5-14(12)15/h3-6,10-11,13,17H,7-9H2,1-2H3,(H,18,20). The first kappa shape index (κ1) is 13.2. The molecule has 2 aromatic rings. The highest BCUT2D eigenvalue weighted by Crippen LogP contribution is 2.20. The number of carbonyl (C=O) groups is 1. The number of benzene rings is 1. The molecule has 1 unspecified atom stereocenters. The van der Waals surface area contributed by atoms with Gasteiger partial charge in [-0.1, -0.05) is 18.2 Å². The third-order valence-corrected chi connectivity index (χ3v) is 3.90. The second-order valence-corrected chi connectivity index (χ2v) is 5.67. The monoisotopic (exact) mass is 271 g/mol. The van der Waals surface area contributed by atoms with E-state index in [-0.39, 0.29) is 11.9 Å². The number of hydrogen-bond acceptors (Lipinski definition) is 2. The van der Waals surface area contributed by atoms with Gasteiger partial charge in [0.1, 0.15) is 0 Å². The van der Waals surface area contributed by atoms with Crippen LogP contribution in [-0.2, 0) is 18.4 Å². The van der Waals surface area contributed by atoms with Crippen LogP contribution in [0.2, 0.25) is 0 Å². The molecule has 0 aliphatic heterocycles. The summed E-state index contributed by atoms with van der Waals surface area (Å²) < 4.78 is 2.13. The average molecular weight is 271 g/mol. The number of para-hydroxylation sites is 1. The Morgan fingerprint density at radius 1 is 1.40 bits per heavy atom. The first-order valence-corrected chi connectivity index (χ1v) is 7.22. The molecule has 1 atom stereocenters. The van der Waals surface area contributed by atoms with Crippen molar-refractivity contribution >= 4 is 16.8 Å². The van der Waals surface area contributed by atoms with Crippen LogP contribution in [0.3, 0.4) is 0 Å². The van der Waals surface area contributed by atoms with Gasteiger partial charge in [-0.15, -0.1) is 0 Å². The Kier molecular flexibility index (Phi) is 3.49. The number of rotatable bonds is 5. The van der Waals surface area contributed by atoms with Gasteiger partial charge in [0.15, 0.2) is 0 Å². The number of aryl methyl sites for hydroxylation is 1. The largest absolute Gasteiger partial charge is 0.352 e. The molecule has 1 aromatic heterocycles. The van der Waals surface area contributed by atoms with E-state index in [0.29, 0.717) is 12.6 Å². The lowest BCUT2D eigenvalue weighted by atomic mass is 10.1. The minimum Gasteiger partial charge on any atom is -0.352 e. The van der Waals surface area contributed by atoms with Gasteiger partial charge in [0.2, 0.25) is 5.91 Å². The zero-order chi connectivity index (χ0) is 14.1. The van der Waals surface area contributed by atoms with Crippen LogP contribution < -0.4 is 10.6 Å². The Morgan fingerprint density at radius 2 is 2.15 bits per heavy atom. The number of nitrogens with one attached hydrogen (secondary N) is 2. The van der Waals surface area contributed by atoms with Gasteiger partial charge in [-0.25, -0.2) is 0 Å². The molecule has 2 N–H and O–H groups in total. The van der Waals surface area contributed by atoms with Crippen molar-refractivity contribution in [2.75, 3.05) is 0 Å². The topological polar surface area (TPSA) is 46.1 Å². The van der Waals surface area contributed by atoms with Crippen LogP contribution in [0, 0.1) is 0 Å². The summed E-state index contributed by atoms with van der Waals surface area (Å²) in [4.78, 5) is 11.9. The van der Waals surface area contributed by atoms with Crippen molar-refractivity contribution in [3.8, 4) is 0 Å². The fourth-order valence-corrected chi connectivity index (χ4v) is 2.48. The van der Waals surface area contributed by atoms with Crippen LogP contribution in [0.4, 0.5) is 0 Å². The number of aromatic nitrogens is 1. The molecule has 0 bridgehead atoms. The Morgan fingerprint density at radius 3 is 2.90 bits per heavy atom. The lowest BCUT2D eigenvalue weighted by Gasteiger charge is -2.13. The van der Waals surface area contributed by atoms with E-state index in [1.807, 2.05) is 13.0 Å². The minimum atomic E-state index is -0.158. The van der Waals surface area contributed by atoms with Crippen LogP contribution in [0.25, 0.3) is 10.9 Å². The van der Waals surface area contributed by atoms with Gasteiger partial charge in [0, 0.05) is 36.7 Å². The minimum absolute atomic E-state index is 0.104. The number of nitrogens with zero attached hydrogens (tertiary/aromatic N) is 1. The zero-order valence-electron chi connectivity index (χ0n) is 12.0. The molecular weight excluding hydrogens is 250 g/mol. The fourth-order valence-electron chi connectivity index (χ4n) is 2.48. The van der Waals surface area contributed by atoms with E-state index in [2.05, 4.69) is 46.6 Å². The van der Waals surface area contributed by atoms with E-state index >= 15 is 0 Å². The lowest BCUT2D eigenvalue weighted by Crippen LogP contribution is -2.42. The van der Waals surface area contributed by atoms with E-state index in [0.717, 1.165) is 12.8 Å². The summed E-state index contributed by atoms with van der Waals surface area (Å²) in [5, 5.41) is 7.59. The SMILES string of the molecule is CC(NCc1cn(C)c2ccccc12)C(=O)NC1CC1. The predicted molar refractivity (Wildman–Crippen MR) is 80.4 cm³/mol. The van der Waals surface area contributed by atoms with E-state index in [1.165, 1.54) is 16.5 Å². The molecule has 0 saturated heterocycles. The summed E-state index contributed by atoms with van der Waals surface area (Å²) in [6.45, 7) is 2.63. The Hall–Kier alpha value is -1.81. The first-order valence-electron chi connectivity index (χ1n) is 7.22. The number of fused-ring (bicyclic) bond motifs is 1. The van der Waals surface area contributed by atoms with Gasteiger partial charge in [-0.3, -0.25) is 4.79 Å². The first-order chi connectivity index (χ1) is 9.65. The molecular formula is C16H21N3O. The average Bonchev–Trinajstić information content (AvgIpc) is 3.21. The number of amides is 1. The summed E-state index contributed by atoms with van der Waals surface area (Å²) in [6, 6.07) is 8.60. The lowest BCUT2D eigenvalue weighted by molar-refractivity contribution is -0.122. The van der Waals surface area contributed by atoms with Crippen molar-refractivity contribution in [2.45, 2.75) is 38.4 Å². The molecule has 1 amide bonds. The normalized spacial score (nSPS) is 16.3. The molecule has 1 heterocycles. The van der Waals surface area contributed by atoms with Crippen LogP contribution in [0.15, 0.2) is 30.5 Å². The molecule has 4 heteroatoms. The van der Waals surface area contributed by atoms with E-state index in [4.69, 9.17) is 0 Å². The molecule has 1 saturated carbocycles. The van der Waals surface area contributed by atoms with Crippen LogP contribution >= 0.6 is 0 Å². The predicted octanol–water partition coefficient (Wildman–Crippen LogP) is 1.94. The quantitative estimate of drug-likeness (QED) is 0.873. The maximum absolute atomic E-state index is 11.9. The third kappa shape index (κ3) is 2.70. The number of carbonyl (C=O) groups excluding carboxylic acids is 1. The van der Waals surface area contributed by atoms with Crippen LogP contribution in [-0.4, -0.2) is 22.6 Å². The molecule has 0 spiro atoms. The molecule has 0 radical (unpaired) electrons. The van der Waals surface area contributed by atoms with Gasteiger partial charge in [0.25, 0.3) is 0 Å². The molecule has 1 aliphatic carbocycles. The highest BCUT2D eigenvalue weighted by atomic mass is 16.2. The summed E-state index contributed by atoms with van der Waals surface area (Å²) in [7, 11) is 2.05. The third-order valence-electron chi connectivity index (χ3n) is 3.90. The van der Waals surface area contributed by atoms with Gasteiger partial charge in [-0.05, 0) is 31.4 Å². The Balaban J connectivity index is 1.65. The molecule has 1 aromatic carbocycles. The summed E-state index contributed by atoms with van der Waals surface area (Å²) >= 11 is 0. The maximum atomic E-state index is 11.9. The molecule has 4 nitrogen and oxygen atoms in total. The molecule has 106 valence electrons. The van der Waals surface area contributed by atoms with E-state index in [9.17, 15) is 4.79 Å². The Labute approximate surface area is 119 Å². The van der Waals surface area contributed by atoms with Crippen LogP contribution in [0.1, 0.15) is 25.3 Å². The maximum Gasteiger partial charge on any atom is 0.237 e. The summed E-state index contributed by atoms with van der Waals surface area (Å²) in [5.41, 5.74) is 2.45. The van der Waals surface area contributed by atoms with Crippen molar-refractivity contribution < 1.29 is 4.79 Å². The second-order valence-electron chi connectivity index (χ2n) is 5.67. The van der Waals surface area contributed by atoms with E-state index in [1.54, 1.807) is 0 Å². The van der Waals surface area contributed by atoms with Crippen molar-refractivity contribution in [2.24, 2.45) is 7.05 Å². The molecule has 1 fully saturated rings.